The molecule has 0 saturated carbocycles. The molecule has 0 bridgehead atoms. The first-order chi connectivity index (χ1) is 47.2. The van der Waals surface area contributed by atoms with Crippen LogP contribution in [0.15, 0.2) is 323 Å². The Hall–Kier alpha value is -11.8. The van der Waals surface area contributed by atoms with E-state index in [0.29, 0.717) is 33.6 Å². The summed E-state index contributed by atoms with van der Waals surface area (Å²) in [6.07, 6.45) is -5.57. The van der Waals surface area contributed by atoms with E-state index < -0.39 is 40.1 Å². The van der Waals surface area contributed by atoms with Crippen molar-refractivity contribution < 1.29 is 30.7 Å². The Kier molecular flexibility index (Phi) is 14.4. The Morgan fingerprint density at radius 1 is 0.299 bits per heavy atom. The van der Waals surface area contributed by atoms with Gasteiger partial charge in [0.1, 0.15) is 5.82 Å². The maximum atomic E-state index is 17.9. The molecule has 0 heterocycles. The van der Waals surface area contributed by atoms with Gasteiger partial charge in [-0.2, -0.15) is 26.3 Å². The summed E-state index contributed by atoms with van der Waals surface area (Å²) in [6, 6.07) is 97.3. The van der Waals surface area contributed by atoms with Crippen LogP contribution in [-0.4, -0.2) is 0 Å². The highest BCUT2D eigenvalue weighted by Crippen LogP contribution is 2.60. The minimum atomic E-state index is -4.55. The summed E-state index contributed by atoms with van der Waals surface area (Å²) in [5, 5.41) is 3.87. The Balaban J connectivity index is 0.835. The Morgan fingerprint density at radius 2 is 0.639 bits per heavy atom. The van der Waals surface area contributed by atoms with E-state index >= 15 is 4.39 Å². The fraction of sp³-hybridized carbons (Fsp3) is 0.0455. The van der Waals surface area contributed by atoms with Crippen LogP contribution in [0.4, 0.5) is 64.9 Å². The molecule has 9 heteroatoms. The van der Waals surface area contributed by atoms with E-state index in [-0.39, 0.29) is 0 Å². The van der Waals surface area contributed by atoms with Gasteiger partial charge in [-0.1, -0.05) is 244 Å². The molecule has 0 aliphatic heterocycles. The van der Waals surface area contributed by atoms with Crippen LogP contribution in [0.2, 0.25) is 0 Å². The van der Waals surface area contributed by atoms with Crippen molar-refractivity contribution in [3.8, 4) is 33.4 Å². The average Bonchev–Trinajstić information content (AvgIpc) is 1.57. The molecular weight excluding hydrogens is 1220 g/mol. The van der Waals surface area contributed by atoms with Gasteiger partial charge in [-0.3, -0.25) is 0 Å². The van der Waals surface area contributed by atoms with Crippen LogP contribution in [0.25, 0.3) is 67.1 Å². The van der Waals surface area contributed by atoms with Gasteiger partial charge in [0, 0.05) is 39.1 Å². The highest BCUT2D eigenvalue weighted by molar-refractivity contribution is 6.02. The summed E-state index contributed by atoms with van der Waals surface area (Å²) >= 11 is 0. The number of anilines is 6. The summed E-state index contributed by atoms with van der Waals surface area (Å²) < 4.78 is 104. The topological polar surface area (TPSA) is 6.48 Å². The molecule has 0 radical (unpaired) electrons. The first kappa shape index (κ1) is 60.2. The summed E-state index contributed by atoms with van der Waals surface area (Å²) in [6.45, 7) is 8.00. The lowest BCUT2D eigenvalue weighted by Gasteiger charge is -2.35. The molecule has 2 atom stereocenters. The molecular formula is C88H57F7N2. The molecule has 16 rings (SSSR count). The molecule has 0 spiro atoms. The minimum Gasteiger partial charge on any atom is -0.310 e. The van der Waals surface area contributed by atoms with Crippen LogP contribution in [0.5, 0.6) is 0 Å². The normalized spacial score (nSPS) is 15.3. The predicted octanol–water partition coefficient (Wildman–Crippen LogP) is 24.8. The fourth-order valence-corrected chi connectivity index (χ4v) is 15.3. The maximum absolute atomic E-state index is 17.9. The average molecular weight is 1280 g/mol. The van der Waals surface area contributed by atoms with Crippen LogP contribution in [0.3, 0.4) is 0 Å². The van der Waals surface area contributed by atoms with E-state index in [0.717, 1.165) is 123 Å². The molecule has 0 aromatic heterocycles. The standard InChI is InChI=1S/C88H57F7N2/c1-3-56-27-33-61(34-28-56)85(63-37-41-65(42-38-63)87(90,91)92)78-23-11-9-21-74(78)76-51-48-68(53-80(76)85)96(83-25-13-17-58-15-5-7-19-72(58)83)67-45-31-60(32-46-67)71-50-47-70(55-82(71)89)97(84-26-14-18-59-16-6-8-20-73(59)84)69-49-52-77-75-22-10-12-24-79(75)86(81(77)54-69,62-35-29-57(4-2)30-36-62)64-39-43-66(44-40-64)88(93,94)95/h3-55H,1-2H2. The Morgan fingerprint density at radius 3 is 1.05 bits per heavy atom. The number of nitrogens with zero attached hydrogens (tertiary/aromatic N) is 2. The van der Waals surface area contributed by atoms with E-state index in [1.54, 1.807) is 48.6 Å². The first-order valence-electron chi connectivity index (χ1n) is 31.9. The zero-order valence-corrected chi connectivity index (χ0v) is 52.1. The third-order valence-electron chi connectivity index (χ3n) is 19.7. The van der Waals surface area contributed by atoms with Crippen LogP contribution >= 0.6 is 0 Å². The van der Waals surface area contributed by atoms with Gasteiger partial charge in [0.2, 0.25) is 0 Å². The van der Waals surface area contributed by atoms with E-state index in [1.807, 2.05) is 170 Å². The van der Waals surface area contributed by atoms with Gasteiger partial charge in [-0.15, -0.1) is 0 Å². The molecule has 14 aromatic rings. The molecule has 2 unspecified atom stereocenters. The summed E-state index contributed by atoms with van der Waals surface area (Å²) in [7, 11) is 0. The smallest absolute Gasteiger partial charge is 0.310 e. The van der Waals surface area contributed by atoms with Gasteiger partial charge in [0.05, 0.1) is 33.3 Å². The Labute approximate surface area is 557 Å². The van der Waals surface area contributed by atoms with Gasteiger partial charge in [0.15, 0.2) is 0 Å². The molecule has 468 valence electrons. The summed E-state index contributed by atoms with van der Waals surface area (Å²) in [4.78, 5) is 4.24. The lowest BCUT2D eigenvalue weighted by molar-refractivity contribution is -0.138. The van der Waals surface area contributed by atoms with Crippen molar-refractivity contribution in [2.24, 2.45) is 0 Å². The van der Waals surface area contributed by atoms with Gasteiger partial charge >= 0.3 is 12.4 Å². The number of rotatable bonds is 13. The fourth-order valence-electron chi connectivity index (χ4n) is 15.3. The van der Waals surface area contributed by atoms with E-state index in [1.165, 1.54) is 12.1 Å². The molecule has 2 aliphatic rings. The van der Waals surface area contributed by atoms with Crippen molar-refractivity contribution in [3.63, 3.8) is 0 Å². The maximum Gasteiger partial charge on any atom is 0.416 e. The largest absolute Gasteiger partial charge is 0.416 e. The molecule has 0 N–H and O–H groups in total. The van der Waals surface area contributed by atoms with Crippen LogP contribution in [-0.2, 0) is 23.2 Å². The van der Waals surface area contributed by atoms with Gasteiger partial charge in [0.25, 0.3) is 0 Å². The molecule has 0 amide bonds. The summed E-state index contributed by atoms with van der Waals surface area (Å²) in [5.41, 5.74) is 14.0. The van der Waals surface area contributed by atoms with Crippen molar-refractivity contribution in [1.29, 1.82) is 0 Å². The van der Waals surface area contributed by atoms with Gasteiger partial charge in [-0.05, 0) is 185 Å². The second-order valence-electron chi connectivity index (χ2n) is 24.7. The monoisotopic (exact) mass is 1270 g/mol. The van der Waals surface area contributed by atoms with Crippen molar-refractivity contribution in [3.05, 3.63) is 395 Å². The number of benzene rings is 14. The molecule has 14 aromatic carbocycles. The summed E-state index contributed by atoms with van der Waals surface area (Å²) in [5.74, 6) is -0.477. The molecule has 0 fully saturated rings. The SMILES string of the molecule is C=Cc1ccc(C2(c3ccc(C(F)(F)F)cc3)c3ccccc3-c3ccc(N(c4ccc(-c5ccc(N(c6ccc7c(c6)C(c6ccc(C=C)cc6)(c6ccc(C(F)(F)F)cc6)c6ccccc6-7)c6cccc7ccccc67)cc5F)cc4)c4cccc5ccccc45)cc32)cc1. The van der Waals surface area contributed by atoms with Gasteiger partial charge in [-0.25, -0.2) is 4.39 Å². The molecule has 2 aliphatic carbocycles. The number of hydrogen-bond acceptors (Lipinski definition) is 2. The van der Waals surface area contributed by atoms with Crippen LogP contribution in [0, 0.1) is 5.82 Å². The molecule has 2 nitrogen and oxygen atoms in total. The van der Waals surface area contributed by atoms with E-state index in [9.17, 15) is 26.3 Å². The first-order valence-corrected chi connectivity index (χ1v) is 31.9. The second-order valence-corrected chi connectivity index (χ2v) is 24.7. The van der Waals surface area contributed by atoms with Crippen molar-refractivity contribution >= 4 is 67.8 Å². The highest BCUT2D eigenvalue weighted by atomic mass is 19.4. The minimum absolute atomic E-state index is 0.359. The van der Waals surface area contributed by atoms with E-state index in [4.69, 9.17) is 0 Å². The van der Waals surface area contributed by atoms with Crippen molar-refractivity contribution in [2.75, 3.05) is 9.80 Å². The second kappa shape index (κ2) is 23.3. The lowest BCUT2D eigenvalue weighted by atomic mass is 9.67. The quantitative estimate of drug-likeness (QED) is 0.106. The molecule has 0 saturated heterocycles. The number of hydrogen-bond donors (Lipinski definition) is 0. The Bertz CT molecular complexity index is 5410. The van der Waals surface area contributed by atoms with Crippen molar-refractivity contribution in [2.45, 2.75) is 23.2 Å². The number of alkyl halides is 6. The van der Waals surface area contributed by atoms with E-state index in [2.05, 4.69) is 102 Å². The highest BCUT2D eigenvalue weighted by Gasteiger charge is 2.49. The van der Waals surface area contributed by atoms with Crippen LogP contribution < -0.4 is 9.80 Å². The number of fused-ring (bicyclic) bond motifs is 8. The third kappa shape index (κ3) is 9.78. The van der Waals surface area contributed by atoms with Gasteiger partial charge < -0.3 is 9.80 Å². The molecule has 97 heavy (non-hydrogen) atoms. The lowest BCUT2D eigenvalue weighted by Crippen LogP contribution is -2.29. The third-order valence-corrected chi connectivity index (χ3v) is 19.7. The zero-order chi connectivity index (χ0) is 66.4. The van der Waals surface area contributed by atoms with Crippen LogP contribution in [0.1, 0.15) is 66.8 Å². The van der Waals surface area contributed by atoms with Crippen molar-refractivity contribution in [1.82, 2.24) is 0 Å². The number of halogens is 7. The predicted molar refractivity (Wildman–Crippen MR) is 381 cm³/mol. The zero-order valence-electron chi connectivity index (χ0n) is 52.1.